The minimum Gasteiger partial charge on any atom is -0.0578 e. The highest BCUT2D eigenvalue weighted by Gasteiger charge is 2.21. The van der Waals surface area contributed by atoms with Gasteiger partial charge in [-0.3, -0.25) is 0 Å². The maximum absolute atomic E-state index is 11.1. The van der Waals surface area contributed by atoms with Crippen LogP contribution in [0.2, 0.25) is 0 Å². The molecule has 0 radical (unpaired) electrons. The van der Waals surface area contributed by atoms with Crippen LogP contribution in [0.3, 0.4) is 0 Å². The lowest BCUT2D eigenvalue weighted by Gasteiger charge is -1.85. The first kappa shape index (κ1) is 6.17. The molecule has 0 atom stereocenters. The van der Waals surface area contributed by atoms with E-state index in [2.05, 4.69) is 0 Å². The fraction of sp³-hybridized carbons (Fsp3) is 1.00. The van der Waals surface area contributed by atoms with Gasteiger partial charge < -0.3 is 0 Å². The highest BCUT2D eigenvalue weighted by Crippen LogP contribution is 1.99. The molecular weight excluding hydrogens is 108 g/mol. The quantitative estimate of drug-likeness (QED) is 0.457. The molecule has 0 saturated carbocycles. The topological polar surface area (TPSA) is 3.24 Å². The summed E-state index contributed by atoms with van der Waals surface area (Å²) in [5, 5.41) is 0. The number of nitrogens with zero attached hydrogens (tertiary/aromatic N) is 1. The molecule has 1 nitrogen and oxygen atoms in total. The van der Waals surface area contributed by atoms with E-state index in [1.54, 1.807) is 0 Å². The van der Waals surface area contributed by atoms with Gasteiger partial charge in [0, 0.05) is 14.1 Å². The maximum Gasteiger partial charge on any atom is 0.525 e. The van der Waals surface area contributed by atoms with Gasteiger partial charge in [-0.15, -0.1) is 0 Å². The van der Waals surface area contributed by atoms with Crippen LogP contribution in [0.4, 0.5) is 7.77 Å². The zero-order valence-corrected chi connectivity index (χ0v) is 4.43. The molecule has 0 aromatic rings. The van der Waals surface area contributed by atoms with Gasteiger partial charge in [-0.05, 0) is 0 Å². The lowest BCUT2D eigenvalue weighted by atomic mass is 11.3. The second kappa shape index (κ2) is 2.36. The van der Waals surface area contributed by atoms with Crippen LogP contribution in [0.15, 0.2) is 0 Å². The number of hydrogen-bond acceptors (Lipinski definition) is 1. The average molecular weight is 114 g/mol. The van der Waals surface area contributed by atoms with Crippen molar-refractivity contribution in [2.45, 2.75) is 0 Å². The molecule has 0 aliphatic heterocycles. The summed E-state index contributed by atoms with van der Waals surface area (Å²) in [6.07, 6.45) is 0. The van der Waals surface area contributed by atoms with Crippen LogP contribution in [0.25, 0.3) is 0 Å². The molecule has 0 unspecified atom stereocenters. The highest BCUT2D eigenvalue weighted by molar-refractivity contribution is 7.84. The second-order valence-corrected chi connectivity index (χ2v) is 2.13. The van der Waals surface area contributed by atoms with E-state index in [-0.39, 0.29) is 0 Å². The molecule has 0 aromatic heterocycles. The number of rotatable bonds is 1. The summed E-state index contributed by atoms with van der Waals surface area (Å²) >= 11 is -2.53. The van der Waals surface area contributed by atoms with Gasteiger partial charge in [0.05, 0.1) is 7.77 Å². The van der Waals surface area contributed by atoms with E-state index in [0.29, 0.717) is 0 Å². The fourth-order valence-corrected chi connectivity index (χ4v) is 0. The molecule has 0 saturated heterocycles. The Morgan fingerprint density at radius 3 is 1.50 bits per heavy atom. The van der Waals surface area contributed by atoms with Crippen LogP contribution < -0.4 is 0 Å². The minimum absolute atomic E-state index is 0.861. The molecule has 0 fully saturated rings. The van der Waals surface area contributed by atoms with Crippen molar-refractivity contribution >= 4 is 11.9 Å². The van der Waals surface area contributed by atoms with Gasteiger partial charge in [0.2, 0.25) is 0 Å². The summed E-state index contributed by atoms with van der Waals surface area (Å²) in [7, 11) is 2.67. The zero-order valence-electron chi connectivity index (χ0n) is 3.61. The molecule has 0 rings (SSSR count). The van der Waals surface area contributed by atoms with Gasteiger partial charge in [-0.1, -0.05) is 4.31 Å². The van der Waals surface area contributed by atoms with Crippen LogP contribution in [-0.4, -0.2) is 18.4 Å². The predicted octanol–water partition coefficient (Wildman–Crippen LogP) is 0.850. The molecule has 0 spiro atoms. The Morgan fingerprint density at radius 2 is 1.50 bits per heavy atom. The van der Waals surface area contributed by atoms with Crippen molar-refractivity contribution in [1.29, 1.82) is 0 Å². The van der Waals surface area contributed by atoms with Crippen molar-refractivity contribution in [3.05, 3.63) is 0 Å². The van der Waals surface area contributed by atoms with Crippen LogP contribution in [0.1, 0.15) is 0 Å². The normalized spacial score (nSPS) is 11.0. The van der Waals surface area contributed by atoms with E-state index < -0.39 is 11.9 Å². The SMILES string of the molecule is CN(C)[S+](F)F. The Balaban J connectivity index is 2.99. The van der Waals surface area contributed by atoms with Crippen molar-refractivity contribution in [3.8, 4) is 0 Å². The van der Waals surface area contributed by atoms with Crippen molar-refractivity contribution < 1.29 is 7.77 Å². The average Bonchev–Trinajstić information content (AvgIpc) is 1.36. The Labute approximate surface area is 39.0 Å². The van der Waals surface area contributed by atoms with Gasteiger partial charge in [0.15, 0.2) is 0 Å². The Bertz CT molecular complexity index is 32.5. The van der Waals surface area contributed by atoms with Crippen LogP contribution in [0.5, 0.6) is 0 Å². The Hall–Kier alpha value is 0.170. The summed E-state index contributed by atoms with van der Waals surface area (Å²) in [5.41, 5.74) is 0. The lowest BCUT2D eigenvalue weighted by molar-refractivity contribution is 0.583. The second-order valence-electron chi connectivity index (χ2n) is 1.01. The third-order valence-corrected chi connectivity index (χ3v) is 0.828. The molecule has 0 bridgehead atoms. The minimum atomic E-state index is -2.53. The summed E-state index contributed by atoms with van der Waals surface area (Å²) in [6.45, 7) is 0. The van der Waals surface area contributed by atoms with Crippen LogP contribution in [-0.2, 0) is 11.9 Å². The van der Waals surface area contributed by atoms with E-state index in [1.165, 1.54) is 14.1 Å². The van der Waals surface area contributed by atoms with E-state index in [9.17, 15) is 7.77 Å². The molecule has 0 heterocycles. The number of halogens is 2. The van der Waals surface area contributed by atoms with E-state index in [1.807, 2.05) is 0 Å². The zero-order chi connectivity index (χ0) is 5.15. The largest absolute Gasteiger partial charge is 0.525 e. The van der Waals surface area contributed by atoms with Crippen molar-refractivity contribution in [1.82, 2.24) is 4.31 Å². The Morgan fingerprint density at radius 1 is 1.33 bits per heavy atom. The molecule has 0 aliphatic rings. The van der Waals surface area contributed by atoms with E-state index >= 15 is 0 Å². The smallest absolute Gasteiger partial charge is 0.0578 e. The van der Waals surface area contributed by atoms with Crippen LogP contribution in [0, 0.1) is 0 Å². The molecule has 0 aliphatic carbocycles. The van der Waals surface area contributed by atoms with Gasteiger partial charge in [-0.25, -0.2) is 0 Å². The first-order valence-electron chi connectivity index (χ1n) is 1.39. The van der Waals surface area contributed by atoms with Gasteiger partial charge in [0.25, 0.3) is 0 Å². The lowest BCUT2D eigenvalue weighted by Crippen LogP contribution is -2.12. The molecule has 0 N–H and O–H groups in total. The maximum atomic E-state index is 11.1. The predicted molar refractivity (Wildman–Crippen MR) is 23.3 cm³/mol. The molecule has 0 amide bonds. The molecule has 38 valence electrons. The van der Waals surface area contributed by atoms with Crippen molar-refractivity contribution in [3.63, 3.8) is 0 Å². The van der Waals surface area contributed by atoms with Gasteiger partial charge in [0.1, 0.15) is 0 Å². The molecular formula is C2H6F2NS+. The van der Waals surface area contributed by atoms with E-state index in [0.717, 1.165) is 4.31 Å². The molecule has 4 heteroatoms. The highest BCUT2D eigenvalue weighted by atomic mass is 32.3. The van der Waals surface area contributed by atoms with Gasteiger partial charge >= 0.3 is 11.9 Å². The third-order valence-electron chi connectivity index (χ3n) is 0.276. The Kier molecular flexibility index (Phi) is 2.43. The molecule has 0 aromatic carbocycles. The van der Waals surface area contributed by atoms with Crippen molar-refractivity contribution in [2.24, 2.45) is 0 Å². The monoisotopic (exact) mass is 114 g/mol. The first-order chi connectivity index (χ1) is 2.64. The fourth-order valence-electron chi connectivity index (χ4n) is 0. The van der Waals surface area contributed by atoms with Crippen LogP contribution >= 0.6 is 0 Å². The summed E-state index contributed by atoms with van der Waals surface area (Å²) in [4.78, 5) is 0. The first-order valence-corrected chi connectivity index (χ1v) is 2.37. The van der Waals surface area contributed by atoms with Gasteiger partial charge in [-0.2, -0.15) is 0 Å². The number of hydrogen-bond donors (Lipinski definition) is 0. The summed E-state index contributed by atoms with van der Waals surface area (Å²) in [5.74, 6) is 0. The summed E-state index contributed by atoms with van der Waals surface area (Å²) < 4.78 is 23.1. The molecule has 6 heavy (non-hydrogen) atoms. The standard InChI is InChI=1S/C2H6F2NS/c1-5(2)6(3)4/h1-2H3/q+1. The third kappa shape index (κ3) is 2.41. The van der Waals surface area contributed by atoms with E-state index in [4.69, 9.17) is 0 Å². The van der Waals surface area contributed by atoms with Crippen molar-refractivity contribution in [2.75, 3.05) is 14.1 Å². The summed E-state index contributed by atoms with van der Waals surface area (Å²) in [6, 6.07) is 0.